The first-order valence-electron chi connectivity index (χ1n) is 6.73. The van der Waals surface area contributed by atoms with Crippen molar-refractivity contribution in [2.24, 2.45) is 0 Å². The lowest BCUT2D eigenvalue weighted by atomic mass is 10.1. The maximum absolute atomic E-state index is 12.4. The van der Waals surface area contributed by atoms with Crippen LogP contribution in [0.5, 0.6) is 5.75 Å². The number of ether oxygens (including phenoxy) is 1. The summed E-state index contributed by atoms with van der Waals surface area (Å²) in [6.45, 7) is 1.87. The highest BCUT2D eigenvalue weighted by Crippen LogP contribution is 2.30. The first-order valence-corrected chi connectivity index (χ1v) is 6.73. The summed E-state index contributed by atoms with van der Waals surface area (Å²) < 4.78 is 29.4. The molecule has 1 aromatic rings. The summed E-state index contributed by atoms with van der Waals surface area (Å²) in [5, 5.41) is 3.45. The van der Waals surface area contributed by atoms with Gasteiger partial charge in [0, 0.05) is 25.7 Å². The predicted molar refractivity (Wildman–Crippen MR) is 72.0 cm³/mol. The number of nitrogens with zero attached hydrogens (tertiary/aromatic N) is 1. The third-order valence-electron chi connectivity index (χ3n) is 3.31. The average molecular weight is 270 g/mol. The van der Waals surface area contributed by atoms with Gasteiger partial charge in [0.25, 0.3) is 0 Å². The Labute approximate surface area is 112 Å². The van der Waals surface area contributed by atoms with Gasteiger partial charge < -0.3 is 15.0 Å². The van der Waals surface area contributed by atoms with E-state index >= 15 is 0 Å². The fourth-order valence-electron chi connectivity index (χ4n) is 2.50. The van der Waals surface area contributed by atoms with Crippen molar-refractivity contribution in [3.05, 3.63) is 24.3 Å². The number of para-hydroxylation sites is 2. The van der Waals surface area contributed by atoms with E-state index in [2.05, 4.69) is 21.9 Å². The van der Waals surface area contributed by atoms with E-state index in [0.29, 0.717) is 6.04 Å². The zero-order chi connectivity index (χ0) is 13.7. The Morgan fingerprint density at radius 1 is 1.42 bits per heavy atom. The number of piperazine rings is 1. The fourth-order valence-corrected chi connectivity index (χ4v) is 2.50. The van der Waals surface area contributed by atoms with Gasteiger partial charge in [0.2, 0.25) is 0 Å². The Kier molecular flexibility index (Phi) is 4.96. The standard InChI is InChI=1S/C14H20F2N2O/c1-2-5-11-10-18(9-8-17-11)12-6-3-4-7-13(12)19-14(15)16/h3-4,6-7,11,14,17H,2,5,8-10H2,1H3. The van der Waals surface area contributed by atoms with Crippen LogP contribution in [0, 0.1) is 0 Å². The highest BCUT2D eigenvalue weighted by atomic mass is 19.3. The summed E-state index contributed by atoms with van der Waals surface area (Å²) in [6.07, 6.45) is 2.20. The molecule has 1 aliphatic rings. The van der Waals surface area contributed by atoms with Crippen molar-refractivity contribution in [2.75, 3.05) is 24.5 Å². The Morgan fingerprint density at radius 2 is 2.21 bits per heavy atom. The van der Waals surface area contributed by atoms with Gasteiger partial charge in [0.05, 0.1) is 5.69 Å². The van der Waals surface area contributed by atoms with Crippen molar-refractivity contribution in [1.82, 2.24) is 5.32 Å². The third-order valence-corrected chi connectivity index (χ3v) is 3.31. The molecule has 1 aliphatic heterocycles. The summed E-state index contributed by atoms with van der Waals surface area (Å²) in [4.78, 5) is 2.12. The topological polar surface area (TPSA) is 24.5 Å². The molecule has 1 N–H and O–H groups in total. The molecule has 1 atom stereocenters. The molecule has 0 radical (unpaired) electrons. The van der Waals surface area contributed by atoms with E-state index in [1.807, 2.05) is 12.1 Å². The Hall–Kier alpha value is -1.36. The second-order valence-electron chi connectivity index (χ2n) is 4.73. The van der Waals surface area contributed by atoms with Gasteiger partial charge >= 0.3 is 6.61 Å². The summed E-state index contributed by atoms with van der Waals surface area (Å²) in [5.74, 6) is 0.259. The van der Waals surface area contributed by atoms with Gasteiger partial charge in [-0.15, -0.1) is 0 Å². The summed E-state index contributed by atoms with van der Waals surface area (Å²) in [6, 6.07) is 7.42. The van der Waals surface area contributed by atoms with E-state index in [9.17, 15) is 8.78 Å². The molecule has 3 nitrogen and oxygen atoms in total. The van der Waals surface area contributed by atoms with Gasteiger partial charge in [-0.3, -0.25) is 0 Å². The second-order valence-corrected chi connectivity index (χ2v) is 4.73. The van der Waals surface area contributed by atoms with Crippen LogP contribution in [0.3, 0.4) is 0 Å². The zero-order valence-electron chi connectivity index (χ0n) is 11.1. The number of benzene rings is 1. The molecule has 0 aliphatic carbocycles. The van der Waals surface area contributed by atoms with Gasteiger partial charge in [0.1, 0.15) is 5.75 Å². The van der Waals surface area contributed by atoms with E-state index in [1.54, 1.807) is 12.1 Å². The minimum atomic E-state index is -2.78. The molecule has 1 aromatic carbocycles. The number of halogens is 2. The van der Waals surface area contributed by atoms with E-state index in [1.165, 1.54) is 0 Å². The normalized spacial score (nSPS) is 19.8. The second kappa shape index (κ2) is 6.70. The van der Waals surface area contributed by atoms with Crippen LogP contribution in [0.4, 0.5) is 14.5 Å². The molecule has 0 saturated carbocycles. The maximum atomic E-state index is 12.4. The number of nitrogens with one attached hydrogen (secondary N) is 1. The van der Waals surface area contributed by atoms with E-state index < -0.39 is 6.61 Å². The van der Waals surface area contributed by atoms with Gasteiger partial charge in [0.15, 0.2) is 0 Å². The minimum Gasteiger partial charge on any atom is -0.433 e. The van der Waals surface area contributed by atoms with Crippen molar-refractivity contribution in [1.29, 1.82) is 0 Å². The van der Waals surface area contributed by atoms with Crippen LogP contribution in [-0.2, 0) is 0 Å². The van der Waals surface area contributed by atoms with Crippen molar-refractivity contribution in [2.45, 2.75) is 32.4 Å². The van der Waals surface area contributed by atoms with Crippen molar-refractivity contribution in [3.63, 3.8) is 0 Å². The molecule has 19 heavy (non-hydrogen) atoms. The van der Waals surface area contributed by atoms with Crippen LogP contribution in [0.2, 0.25) is 0 Å². The number of alkyl halides is 2. The first kappa shape index (κ1) is 14.1. The highest BCUT2D eigenvalue weighted by molar-refractivity contribution is 5.58. The molecule has 1 unspecified atom stereocenters. The molecule has 0 amide bonds. The van der Waals surface area contributed by atoms with Crippen molar-refractivity contribution < 1.29 is 13.5 Å². The first-order chi connectivity index (χ1) is 9.20. The predicted octanol–water partition coefficient (Wildman–Crippen LogP) is 2.87. The van der Waals surface area contributed by atoms with Crippen LogP contribution in [0.25, 0.3) is 0 Å². The van der Waals surface area contributed by atoms with Gasteiger partial charge in [-0.05, 0) is 18.6 Å². The van der Waals surface area contributed by atoms with Crippen LogP contribution in [0.15, 0.2) is 24.3 Å². The average Bonchev–Trinajstić information content (AvgIpc) is 2.39. The lowest BCUT2D eigenvalue weighted by molar-refractivity contribution is -0.0495. The van der Waals surface area contributed by atoms with Crippen molar-refractivity contribution >= 4 is 5.69 Å². The quantitative estimate of drug-likeness (QED) is 0.890. The van der Waals surface area contributed by atoms with Crippen molar-refractivity contribution in [3.8, 4) is 5.75 Å². The molecule has 106 valence electrons. The smallest absolute Gasteiger partial charge is 0.387 e. The number of anilines is 1. The van der Waals surface area contributed by atoms with Crippen LogP contribution >= 0.6 is 0 Å². The molecule has 1 fully saturated rings. The molecule has 0 spiro atoms. The Bertz CT molecular complexity index is 399. The van der Waals surface area contributed by atoms with Crippen LogP contribution in [-0.4, -0.2) is 32.3 Å². The molecular weight excluding hydrogens is 250 g/mol. The molecule has 0 bridgehead atoms. The number of hydrogen-bond acceptors (Lipinski definition) is 3. The SMILES string of the molecule is CCCC1CN(c2ccccc2OC(F)F)CCN1. The summed E-state index contributed by atoms with van der Waals surface area (Å²) >= 11 is 0. The van der Waals surface area contributed by atoms with E-state index in [0.717, 1.165) is 38.2 Å². The van der Waals surface area contributed by atoms with Gasteiger partial charge in [-0.25, -0.2) is 0 Å². The fraction of sp³-hybridized carbons (Fsp3) is 0.571. The van der Waals surface area contributed by atoms with Gasteiger partial charge in [-0.2, -0.15) is 8.78 Å². The lowest BCUT2D eigenvalue weighted by Crippen LogP contribution is -2.50. The molecular formula is C14H20F2N2O. The number of rotatable bonds is 5. The van der Waals surface area contributed by atoms with E-state index in [-0.39, 0.29) is 5.75 Å². The molecule has 2 rings (SSSR count). The monoisotopic (exact) mass is 270 g/mol. The van der Waals surface area contributed by atoms with Crippen LogP contribution < -0.4 is 15.0 Å². The largest absolute Gasteiger partial charge is 0.433 e. The molecule has 0 aromatic heterocycles. The van der Waals surface area contributed by atoms with Gasteiger partial charge in [-0.1, -0.05) is 25.5 Å². The molecule has 5 heteroatoms. The minimum absolute atomic E-state index is 0.259. The molecule has 1 heterocycles. The highest BCUT2D eigenvalue weighted by Gasteiger charge is 2.21. The Balaban J connectivity index is 2.11. The number of hydrogen-bond donors (Lipinski definition) is 1. The van der Waals surface area contributed by atoms with E-state index in [4.69, 9.17) is 0 Å². The van der Waals surface area contributed by atoms with Crippen LogP contribution in [0.1, 0.15) is 19.8 Å². The molecule has 1 saturated heterocycles. The zero-order valence-corrected chi connectivity index (χ0v) is 11.1. The maximum Gasteiger partial charge on any atom is 0.387 e. The summed E-state index contributed by atoms with van der Waals surface area (Å²) in [7, 11) is 0. The Morgan fingerprint density at radius 3 is 2.95 bits per heavy atom. The lowest BCUT2D eigenvalue weighted by Gasteiger charge is -2.36. The third kappa shape index (κ3) is 3.80. The summed E-state index contributed by atoms with van der Waals surface area (Å²) in [5.41, 5.74) is 0.755.